The quantitative estimate of drug-likeness (QED) is 0.348. The number of carbonyl (C=O) groups is 1. The minimum absolute atomic E-state index is 0.0218. The fraction of sp³-hybridized carbons (Fsp3) is 0.609. The minimum Gasteiger partial charge on any atom is -0.481 e. The molecule has 5 nitrogen and oxygen atoms in total. The predicted octanol–water partition coefficient (Wildman–Crippen LogP) is 4.12. The number of ether oxygens (including phenoxy) is 1. The molecule has 162 valence electrons. The second-order valence-corrected chi connectivity index (χ2v) is 8.92. The van der Waals surface area contributed by atoms with Crippen LogP contribution in [0.1, 0.15) is 49.0 Å². The van der Waals surface area contributed by atoms with Gasteiger partial charge >= 0.3 is 5.97 Å². The van der Waals surface area contributed by atoms with Gasteiger partial charge in [0, 0.05) is 30.7 Å². The molecule has 1 aliphatic carbocycles. The van der Waals surface area contributed by atoms with Crippen LogP contribution in [0.3, 0.4) is 0 Å². The molecule has 0 amide bonds. The van der Waals surface area contributed by atoms with Gasteiger partial charge < -0.3 is 20.1 Å². The number of carboxylic acids is 1. The SMILES string of the molecule is COC(/C=C/C1C(O)CC(O)C1C/C=C/CCCC(=O)O)CCc1ccsc1C. The van der Waals surface area contributed by atoms with E-state index in [4.69, 9.17) is 9.84 Å². The third kappa shape index (κ3) is 7.70. The zero-order chi connectivity index (χ0) is 21.2. The third-order valence-corrected chi connectivity index (χ3v) is 6.66. The summed E-state index contributed by atoms with van der Waals surface area (Å²) < 4.78 is 5.60. The summed E-state index contributed by atoms with van der Waals surface area (Å²) in [5.74, 6) is -0.914. The first kappa shape index (κ1) is 23.8. The molecule has 1 saturated carbocycles. The molecule has 0 aliphatic heterocycles. The van der Waals surface area contributed by atoms with Crippen LogP contribution in [0, 0.1) is 18.8 Å². The molecule has 5 atom stereocenters. The smallest absolute Gasteiger partial charge is 0.303 e. The van der Waals surface area contributed by atoms with Gasteiger partial charge in [0.05, 0.1) is 18.3 Å². The van der Waals surface area contributed by atoms with Crippen molar-refractivity contribution in [1.29, 1.82) is 0 Å². The Hall–Kier alpha value is -1.47. The average molecular weight is 423 g/mol. The van der Waals surface area contributed by atoms with Gasteiger partial charge in [0.25, 0.3) is 0 Å². The molecule has 29 heavy (non-hydrogen) atoms. The van der Waals surface area contributed by atoms with Gasteiger partial charge in [0.15, 0.2) is 0 Å². The number of hydrogen-bond acceptors (Lipinski definition) is 5. The largest absolute Gasteiger partial charge is 0.481 e. The number of aliphatic hydroxyl groups excluding tert-OH is 2. The summed E-state index contributed by atoms with van der Waals surface area (Å²) >= 11 is 1.76. The summed E-state index contributed by atoms with van der Waals surface area (Å²) in [5, 5.41) is 31.5. The fourth-order valence-corrected chi connectivity index (χ4v) is 4.72. The average Bonchev–Trinajstić information content (AvgIpc) is 3.20. The van der Waals surface area contributed by atoms with Gasteiger partial charge in [0.1, 0.15) is 0 Å². The molecule has 0 radical (unpaired) electrons. The van der Waals surface area contributed by atoms with E-state index in [1.807, 2.05) is 24.3 Å². The predicted molar refractivity (Wildman–Crippen MR) is 116 cm³/mol. The Morgan fingerprint density at radius 1 is 1.34 bits per heavy atom. The molecule has 3 N–H and O–H groups in total. The van der Waals surface area contributed by atoms with E-state index in [9.17, 15) is 15.0 Å². The molecule has 1 fully saturated rings. The summed E-state index contributed by atoms with van der Waals surface area (Å²) in [6, 6.07) is 2.16. The van der Waals surface area contributed by atoms with E-state index < -0.39 is 18.2 Å². The Kier molecular flexibility index (Phi) is 10.1. The van der Waals surface area contributed by atoms with Gasteiger partial charge in [-0.15, -0.1) is 11.3 Å². The highest BCUT2D eigenvalue weighted by Gasteiger charge is 2.39. The summed E-state index contributed by atoms with van der Waals surface area (Å²) in [4.78, 5) is 11.9. The van der Waals surface area contributed by atoms with E-state index in [0.29, 0.717) is 25.7 Å². The van der Waals surface area contributed by atoms with E-state index in [0.717, 1.165) is 12.8 Å². The van der Waals surface area contributed by atoms with E-state index in [-0.39, 0.29) is 24.4 Å². The Morgan fingerprint density at radius 2 is 2.14 bits per heavy atom. The maximum absolute atomic E-state index is 10.5. The van der Waals surface area contributed by atoms with Crippen LogP contribution in [-0.4, -0.2) is 46.7 Å². The molecule has 0 saturated heterocycles. The first-order valence-electron chi connectivity index (χ1n) is 10.4. The number of thiophene rings is 1. The Balaban J connectivity index is 1.88. The number of rotatable bonds is 12. The maximum atomic E-state index is 10.5. The molecule has 1 aromatic rings. The van der Waals surface area contributed by atoms with Crippen molar-refractivity contribution in [1.82, 2.24) is 0 Å². The van der Waals surface area contributed by atoms with Crippen molar-refractivity contribution in [3.05, 3.63) is 46.2 Å². The second kappa shape index (κ2) is 12.3. The van der Waals surface area contributed by atoms with E-state index in [2.05, 4.69) is 18.4 Å². The molecule has 0 spiro atoms. The van der Waals surface area contributed by atoms with Crippen molar-refractivity contribution in [3.8, 4) is 0 Å². The highest BCUT2D eigenvalue weighted by Crippen LogP contribution is 2.36. The van der Waals surface area contributed by atoms with Gasteiger partial charge in [0.2, 0.25) is 0 Å². The lowest BCUT2D eigenvalue weighted by Crippen LogP contribution is -2.20. The lowest BCUT2D eigenvalue weighted by atomic mass is 9.89. The highest BCUT2D eigenvalue weighted by molar-refractivity contribution is 7.10. The van der Waals surface area contributed by atoms with Crippen molar-refractivity contribution in [2.45, 2.75) is 70.2 Å². The number of aliphatic carboxylic acids is 1. The molecular formula is C23H34O5S. The number of hydrogen-bond donors (Lipinski definition) is 3. The highest BCUT2D eigenvalue weighted by atomic mass is 32.1. The number of methoxy groups -OCH3 is 1. The molecule has 0 aromatic carbocycles. The Labute approximate surface area is 177 Å². The van der Waals surface area contributed by atoms with Crippen LogP contribution < -0.4 is 0 Å². The van der Waals surface area contributed by atoms with Crippen molar-refractivity contribution >= 4 is 17.3 Å². The van der Waals surface area contributed by atoms with Crippen molar-refractivity contribution in [2.24, 2.45) is 11.8 Å². The van der Waals surface area contributed by atoms with Crippen LogP contribution in [0.25, 0.3) is 0 Å². The molecule has 5 unspecified atom stereocenters. The second-order valence-electron chi connectivity index (χ2n) is 7.80. The van der Waals surface area contributed by atoms with Crippen molar-refractivity contribution in [2.75, 3.05) is 7.11 Å². The van der Waals surface area contributed by atoms with Crippen molar-refractivity contribution < 1.29 is 24.9 Å². The number of carboxylic acid groups (broad SMARTS) is 1. The Bertz CT molecular complexity index is 681. The zero-order valence-corrected chi connectivity index (χ0v) is 18.2. The van der Waals surface area contributed by atoms with Crippen molar-refractivity contribution in [3.63, 3.8) is 0 Å². The molecule has 6 heteroatoms. The summed E-state index contributed by atoms with van der Waals surface area (Å²) in [6.45, 7) is 2.13. The maximum Gasteiger partial charge on any atom is 0.303 e. The number of aryl methyl sites for hydroxylation is 2. The van der Waals surface area contributed by atoms with Crippen LogP contribution in [0.4, 0.5) is 0 Å². The third-order valence-electron chi connectivity index (χ3n) is 5.77. The molecule has 1 aromatic heterocycles. The first-order valence-corrected chi connectivity index (χ1v) is 11.3. The lowest BCUT2D eigenvalue weighted by Gasteiger charge is -2.20. The lowest BCUT2D eigenvalue weighted by molar-refractivity contribution is -0.137. The van der Waals surface area contributed by atoms with E-state index in [1.54, 1.807) is 18.4 Å². The Morgan fingerprint density at radius 3 is 2.79 bits per heavy atom. The van der Waals surface area contributed by atoms with Gasteiger partial charge in [-0.25, -0.2) is 0 Å². The zero-order valence-electron chi connectivity index (χ0n) is 17.4. The van der Waals surface area contributed by atoms with Gasteiger partial charge in [-0.2, -0.15) is 0 Å². The number of aliphatic hydroxyl groups is 2. The molecule has 1 aliphatic rings. The first-order chi connectivity index (χ1) is 13.9. The van der Waals surface area contributed by atoms with Gasteiger partial charge in [-0.3, -0.25) is 4.79 Å². The van der Waals surface area contributed by atoms with Gasteiger partial charge in [-0.1, -0.05) is 24.3 Å². The van der Waals surface area contributed by atoms with E-state index >= 15 is 0 Å². The monoisotopic (exact) mass is 422 g/mol. The minimum atomic E-state index is -0.778. The number of allylic oxidation sites excluding steroid dienone is 2. The summed E-state index contributed by atoms with van der Waals surface area (Å²) in [6.07, 6.45) is 11.3. The van der Waals surface area contributed by atoms with Crippen LogP contribution in [-0.2, 0) is 16.0 Å². The summed E-state index contributed by atoms with van der Waals surface area (Å²) in [5.41, 5.74) is 1.35. The van der Waals surface area contributed by atoms with Crippen LogP contribution in [0.5, 0.6) is 0 Å². The standard InChI is InChI=1S/C23H34O5S/c1-16-17(13-14-29-16)9-10-18(28-2)11-12-20-19(21(24)15-22(20)25)7-5-3-4-6-8-23(26)27/h3,5,11-14,18-22,24-25H,4,6-10,15H2,1-2H3,(H,26,27)/b5-3+,12-11+. The normalized spacial score (nSPS) is 25.9. The summed E-state index contributed by atoms with van der Waals surface area (Å²) in [7, 11) is 1.70. The van der Waals surface area contributed by atoms with Crippen LogP contribution >= 0.6 is 11.3 Å². The van der Waals surface area contributed by atoms with Gasteiger partial charge in [-0.05, 0) is 62.0 Å². The molecule has 1 heterocycles. The molecular weight excluding hydrogens is 388 g/mol. The number of unbranched alkanes of at least 4 members (excludes halogenated alkanes) is 1. The van der Waals surface area contributed by atoms with Crippen LogP contribution in [0.15, 0.2) is 35.8 Å². The topological polar surface area (TPSA) is 87.0 Å². The van der Waals surface area contributed by atoms with E-state index in [1.165, 1.54) is 10.4 Å². The van der Waals surface area contributed by atoms with Crippen LogP contribution in [0.2, 0.25) is 0 Å². The molecule has 2 rings (SSSR count). The fourth-order valence-electron chi connectivity index (χ4n) is 3.96. The molecule has 0 bridgehead atoms.